The van der Waals surface area contributed by atoms with Crippen molar-refractivity contribution in [3.8, 4) is 0 Å². The smallest absolute Gasteiger partial charge is 0.243 e. The lowest BCUT2D eigenvalue weighted by molar-refractivity contribution is -0.0493. The highest BCUT2D eigenvalue weighted by Gasteiger charge is 2.49. The van der Waals surface area contributed by atoms with Gasteiger partial charge in [0.05, 0.1) is 4.90 Å². The number of sulfonamides is 1. The van der Waals surface area contributed by atoms with Gasteiger partial charge in [-0.3, -0.25) is 0 Å². The number of likely N-dealkylation sites (tertiary alicyclic amines) is 1. The van der Waals surface area contributed by atoms with Crippen LogP contribution in [0, 0.1) is 17.3 Å². The molecule has 1 aromatic rings. The van der Waals surface area contributed by atoms with Gasteiger partial charge in [0.25, 0.3) is 0 Å². The summed E-state index contributed by atoms with van der Waals surface area (Å²) < 4.78 is 28.9. The van der Waals surface area contributed by atoms with Gasteiger partial charge in [0, 0.05) is 30.7 Å². The molecule has 0 radical (unpaired) electrons. The number of unbranched alkanes of at least 4 members (excludes halogenated alkanes) is 2. The monoisotopic (exact) mass is 478 g/mol. The Morgan fingerprint density at radius 3 is 2.11 bits per heavy atom. The number of halogens is 2. The van der Waals surface area contributed by atoms with Crippen molar-refractivity contribution >= 4 is 38.4 Å². The fourth-order valence-corrected chi connectivity index (χ4v) is 6.17. The maximum atomic E-state index is 13.1. The predicted octanol–water partition coefficient (Wildman–Crippen LogP) is 4.64. The Morgan fingerprint density at radius 2 is 1.59 bits per heavy atom. The summed E-state index contributed by atoms with van der Waals surface area (Å²) in [6.07, 6.45) is 3.77. The zero-order valence-electron chi connectivity index (χ0n) is 16.5. The minimum atomic E-state index is -3.42. The number of piperidine rings is 2. The van der Waals surface area contributed by atoms with Gasteiger partial charge in [-0.2, -0.15) is 4.31 Å². The van der Waals surface area contributed by atoms with Gasteiger partial charge in [0.2, 0.25) is 10.0 Å². The molecule has 4 nitrogen and oxygen atoms in total. The third-order valence-corrected chi connectivity index (χ3v) is 8.81. The van der Waals surface area contributed by atoms with Gasteiger partial charge in [-0.1, -0.05) is 49.5 Å². The molecule has 0 N–H and O–H groups in total. The van der Waals surface area contributed by atoms with Crippen molar-refractivity contribution in [3.63, 3.8) is 0 Å². The molecule has 2 aliphatic rings. The number of benzene rings is 1. The molecule has 1 aromatic carbocycles. The molecule has 0 saturated carbocycles. The van der Waals surface area contributed by atoms with Gasteiger partial charge in [0.15, 0.2) is 0 Å². The Labute approximate surface area is 179 Å². The van der Waals surface area contributed by atoms with E-state index in [1.54, 1.807) is 28.6 Å². The lowest BCUT2D eigenvalue weighted by atomic mass is 9.64. The van der Waals surface area contributed by atoms with E-state index in [9.17, 15) is 8.42 Å². The molecule has 154 valence electrons. The number of fused-ring (bicyclic) bond motifs is 2. The molecule has 2 fully saturated rings. The van der Waals surface area contributed by atoms with Crippen LogP contribution in [0.4, 0.5) is 0 Å². The van der Waals surface area contributed by atoms with Gasteiger partial charge in [0.1, 0.15) is 0 Å². The standard InChI is InChI=1S/C20H31BrN2O2S.ClH/c1-4-5-6-11-22-12-16-14-23(15-17(13-22)20(16,2)3)26(24,25)19-9-7-18(21)8-10-19;/h7-10,16-17H,4-6,11-15H2,1-3H3;1H. The van der Waals surface area contributed by atoms with Crippen molar-refractivity contribution in [2.24, 2.45) is 17.3 Å². The van der Waals surface area contributed by atoms with E-state index in [0.717, 1.165) is 24.1 Å². The van der Waals surface area contributed by atoms with Crippen LogP contribution in [0.5, 0.6) is 0 Å². The van der Waals surface area contributed by atoms with Crippen LogP contribution in [0.15, 0.2) is 33.6 Å². The van der Waals surface area contributed by atoms with Crippen LogP contribution in [0.2, 0.25) is 0 Å². The first-order chi connectivity index (χ1) is 12.2. The second-order valence-corrected chi connectivity index (χ2v) is 11.3. The number of hydrogen-bond donors (Lipinski definition) is 0. The first-order valence-corrected chi connectivity index (χ1v) is 12.0. The highest BCUT2D eigenvalue weighted by atomic mass is 79.9. The molecule has 2 heterocycles. The zero-order chi connectivity index (χ0) is 18.9. The van der Waals surface area contributed by atoms with E-state index >= 15 is 0 Å². The quantitative estimate of drug-likeness (QED) is 0.558. The van der Waals surface area contributed by atoms with E-state index in [4.69, 9.17) is 0 Å². The third-order valence-electron chi connectivity index (χ3n) is 6.44. The van der Waals surface area contributed by atoms with Crippen LogP contribution in [-0.4, -0.2) is 50.3 Å². The fraction of sp³-hybridized carbons (Fsp3) is 0.700. The van der Waals surface area contributed by atoms with Gasteiger partial charge in [-0.05, 0) is 54.5 Å². The molecule has 0 aliphatic carbocycles. The van der Waals surface area contributed by atoms with E-state index in [2.05, 4.69) is 41.6 Å². The molecule has 2 aliphatic heterocycles. The maximum absolute atomic E-state index is 13.1. The van der Waals surface area contributed by atoms with Crippen LogP contribution in [0.1, 0.15) is 40.0 Å². The van der Waals surface area contributed by atoms with Gasteiger partial charge in [-0.15, -0.1) is 12.4 Å². The van der Waals surface area contributed by atoms with E-state index in [1.807, 2.05) is 0 Å². The summed E-state index contributed by atoms with van der Waals surface area (Å²) in [6, 6.07) is 7.01. The summed E-state index contributed by atoms with van der Waals surface area (Å²) in [5.74, 6) is 0.781. The molecule has 0 aromatic heterocycles. The lowest BCUT2D eigenvalue weighted by Gasteiger charge is -2.55. The van der Waals surface area contributed by atoms with Crippen LogP contribution < -0.4 is 0 Å². The van der Waals surface area contributed by atoms with Gasteiger partial charge >= 0.3 is 0 Å². The number of hydrogen-bond acceptors (Lipinski definition) is 3. The molecule has 2 saturated heterocycles. The Balaban J connectivity index is 0.00000261. The molecular formula is C20H32BrClN2O2S. The van der Waals surface area contributed by atoms with E-state index in [1.165, 1.54) is 19.3 Å². The Kier molecular flexibility index (Phi) is 7.82. The molecule has 2 unspecified atom stereocenters. The highest BCUT2D eigenvalue weighted by molar-refractivity contribution is 9.10. The molecular weight excluding hydrogens is 448 g/mol. The van der Waals surface area contributed by atoms with Crippen LogP contribution >= 0.6 is 28.3 Å². The minimum Gasteiger partial charge on any atom is -0.303 e. The Morgan fingerprint density at radius 1 is 1.04 bits per heavy atom. The lowest BCUT2D eigenvalue weighted by Crippen LogP contribution is -2.62. The van der Waals surface area contributed by atoms with E-state index < -0.39 is 10.0 Å². The number of rotatable bonds is 6. The van der Waals surface area contributed by atoms with Crippen molar-refractivity contribution in [2.75, 3.05) is 32.7 Å². The van der Waals surface area contributed by atoms with E-state index in [-0.39, 0.29) is 17.8 Å². The normalized spacial score (nSPS) is 25.8. The largest absolute Gasteiger partial charge is 0.303 e. The first-order valence-electron chi connectivity index (χ1n) is 9.73. The molecule has 7 heteroatoms. The highest BCUT2D eigenvalue weighted by Crippen LogP contribution is 2.45. The molecule has 3 rings (SSSR count). The summed E-state index contributed by atoms with van der Waals surface area (Å²) in [5, 5.41) is 0. The SMILES string of the molecule is CCCCCN1CC2CN(S(=O)(=O)c3ccc(Br)cc3)CC(C1)C2(C)C.Cl. The van der Waals surface area contributed by atoms with E-state index in [0.29, 0.717) is 29.8 Å². The molecule has 0 amide bonds. The second-order valence-electron chi connectivity index (χ2n) is 8.46. The fourth-order valence-electron chi connectivity index (χ4n) is 4.37. The second kappa shape index (κ2) is 9.12. The summed E-state index contributed by atoms with van der Waals surface area (Å²) in [7, 11) is -3.42. The van der Waals surface area contributed by atoms with Crippen LogP contribution in [0.3, 0.4) is 0 Å². The first kappa shape index (κ1) is 23.1. The summed E-state index contributed by atoms with van der Waals surface area (Å²) >= 11 is 3.38. The van der Waals surface area contributed by atoms with Crippen molar-refractivity contribution in [1.82, 2.24) is 9.21 Å². The maximum Gasteiger partial charge on any atom is 0.243 e. The molecule has 2 bridgehead atoms. The minimum absolute atomic E-state index is 0. The Bertz CT molecular complexity index is 706. The zero-order valence-corrected chi connectivity index (χ0v) is 19.7. The Hall–Kier alpha value is -0.140. The number of nitrogens with zero attached hydrogens (tertiary/aromatic N) is 2. The summed E-state index contributed by atoms with van der Waals surface area (Å²) in [4.78, 5) is 2.97. The van der Waals surface area contributed by atoms with Crippen molar-refractivity contribution < 1.29 is 8.42 Å². The average molecular weight is 480 g/mol. The molecule has 2 atom stereocenters. The van der Waals surface area contributed by atoms with Crippen molar-refractivity contribution in [3.05, 3.63) is 28.7 Å². The predicted molar refractivity (Wildman–Crippen MR) is 117 cm³/mol. The van der Waals surface area contributed by atoms with Crippen molar-refractivity contribution in [1.29, 1.82) is 0 Å². The van der Waals surface area contributed by atoms with Crippen LogP contribution in [0.25, 0.3) is 0 Å². The van der Waals surface area contributed by atoms with Crippen LogP contribution in [-0.2, 0) is 10.0 Å². The third kappa shape index (κ3) is 4.89. The topological polar surface area (TPSA) is 40.6 Å². The molecule has 0 spiro atoms. The van der Waals surface area contributed by atoms with Gasteiger partial charge in [-0.25, -0.2) is 8.42 Å². The average Bonchev–Trinajstić information content (AvgIpc) is 2.55. The van der Waals surface area contributed by atoms with Gasteiger partial charge < -0.3 is 4.90 Å². The van der Waals surface area contributed by atoms with Crippen molar-refractivity contribution in [2.45, 2.75) is 44.9 Å². The summed E-state index contributed by atoms with van der Waals surface area (Å²) in [6.45, 7) is 11.3. The summed E-state index contributed by atoms with van der Waals surface area (Å²) in [5.41, 5.74) is 0.201. The molecule has 27 heavy (non-hydrogen) atoms.